The quantitative estimate of drug-likeness (QED) is 0.311. The van der Waals surface area contributed by atoms with Crippen molar-refractivity contribution in [2.45, 2.75) is 89.8 Å². The maximum absolute atomic E-state index is 8.88. The molecule has 0 aliphatic rings. The first-order chi connectivity index (χ1) is 10.3. The summed E-state index contributed by atoms with van der Waals surface area (Å²) in [4.78, 5) is 21.6. The molecule has 0 amide bonds. The SMILES string of the molecule is CCCCC(CC)[CH2][Ni][CH2]C(CC)CCCC.O=P(O)(O)O. The molecular formula is C16H37NiO4P. The Hall–Kier alpha value is 0.604. The number of unbranched alkanes of at least 4 members (excludes halogenated alkanes) is 2. The Balaban J connectivity index is 0. The molecule has 0 aromatic rings. The minimum atomic E-state index is -4.64. The molecule has 3 N–H and O–H groups in total. The van der Waals surface area contributed by atoms with Gasteiger partial charge in [-0.05, 0) is 0 Å². The summed E-state index contributed by atoms with van der Waals surface area (Å²) in [6.45, 7) is 9.33. The smallest absolute Gasteiger partial charge is 0.303 e. The third-order valence-corrected chi connectivity index (χ3v) is 5.34. The second kappa shape index (κ2) is 16.5. The van der Waals surface area contributed by atoms with E-state index in [4.69, 9.17) is 19.2 Å². The van der Waals surface area contributed by atoms with Gasteiger partial charge in [0, 0.05) is 0 Å². The van der Waals surface area contributed by atoms with Gasteiger partial charge in [-0.3, -0.25) is 0 Å². The van der Waals surface area contributed by atoms with Crippen LogP contribution in [0.15, 0.2) is 0 Å². The first kappa shape index (κ1) is 24.9. The van der Waals surface area contributed by atoms with Gasteiger partial charge < -0.3 is 14.7 Å². The van der Waals surface area contributed by atoms with Gasteiger partial charge in [0.15, 0.2) is 0 Å². The van der Waals surface area contributed by atoms with Crippen LogP contribution in [0.3, 0.4) is 0 Å². The van der Waals surface area contributed by atoms with E-state index < -0.39 is 7.82 Å². The zero-order chi connectivity index (χ0) is 17.4. The van der Waals surface area contributed by atoms with Crippen LogP contribution in [-0.2, 0) is 19.0 Å². The first-order valence-electron chi connectivity index (χ1n) is 8.51. The van der Waals surface area contributed by atoms with Gasteiger partial charge in [-0.1, -0.05) is 0 Å². The van der Waals surface area contributed by atoms with Gasteiger partial charge in [0.25, 0.3) is 0 Å². The van der Waals surface area contributed by atoms with Crippen LogP contribution in [0, 0.1) is 11.8 Å². The van der Waals surface area contributed by atoms with E-state index in [0.717, 1.165) is 11.8 Å². The van der Waals surface area contributed by atoms with Crippen LogP contribution in [0.2, 0.25) is 10.8 Å². The molecule has 0 bridgehead atoms. The number of hydrogen-bond donors (Lipinski definition) is 3. The average Bonchev–Trinajstić information content (AvgIpc) is 2.44. The minimum Gasteiger partial charge on any atom is -0.303 e. The second-order valence-corrected chi connectivity index (χ2v) is 8.09. The van der Waals surface area contributed by atoms with Gasteiger partial charge in [-0.2, -0.15) is 0 Å². The largest absolute Gasteiger partial charge is 0.466 e. The van der Waals surface area contributed by atoms with Gasteiger partial charge in [0.2, 0.25) is 0 Å². The molecule has 0 aromatic carbocycles. The van der Waals surface area contributed by atoms with Crippen molar-refractivity contribution in [3.8, 4) is 0 Å². The van der Waals surface area contributed by atoms with Crippen LogP contribution in [0.4, 0.5) is 0 Å². The van der Waals surface area contributed by atoms with Crippen molar-refractivity contribution >= 4 is 7.82 Å². The third kappa shape index (κ3) is 22.9. The summed E-state index contributed by atoms with van der Waals surface area (Å²) in [5, 5.41) is 2.85. The number of hydrogen-bond acceptors (Lipinski definition) is 1. The van der Waals surface area contributed by atoms with Crippen LogP contribution < -0.4 is 0 Å². The van der Waals surface area contributed by atoms with Gasteiger partial charge in [0.05, 0.1) is 0 Å². The van der Waals surface area contributed by atoms with Crippen molar-refractivity contribution in [3.05, 3.63) is 0 Å². The Kier molecular flexibility index (Phi) is 18.6. The van der Waals surface area contributed by atoms with Crippen LogP contribution in [0.5, 0.6) is 0 Å². The molecule has 0 radical (unpaired) electrons. The first-order valence-corrected chi connectivity index (χ1v) is 11.5. The fourth-order valence-electron chi connectivity index (χ4n) is 2.02. The summed E-state index contributed by atoms with van der Waals surface area (Å²) in [5.41, 5.74) is 0. The third-order valence-electron chi connectivity index (χ3n) is 3.63. The Bertz CT molecular complexity index is 247. The molecule has 2 atom stereocenters. The molecule has 0 spiro atoms. The molecule has 22 heavy (non-hydrogen) atoms. The van der Waals surface area contributed by atoms with Crippen LogP contribution in [-0.4, -0.2) is 14.7 Å². The van der Waals surface area contributed by atoms with Crippen LogP contribution >= 0.6 is 7.82 Å². The number of rotatable bonds is 12. The van der Waals surface area contributed by atoms with Crippen molar-refractivity contribution < 1.29 is 33.7 Å². The maximum Gasteiger partial charge on any atom is 0.466 e. The van der Waals surface area contributed by atoms with Gasteiger partial charge in [-0.25, -0.2) is 4.57 Å². The predicted octanol–water partition coefficient (Wildman–Crippen LogP) is 5.41. The van der Waals surface area contributed by atoms with Gasteiger partial charge >= 0.3 is 124 Å². The van der Waals surface area contributed by atoms with Crippen molar-refractivity contribution in [1.29, 1.82) is 0 Å². The van der Waals surface area contributed by atoms with Crippen LogP contribution in [0.1, 0.15) is 79.1 Å². The second-order valence-electron chi connectivity index (χ2n) is 5.76. The predicted molar refractivity (Wildman–Crippen MR) is 90.5 cm³/mol. The summed E-state index contributed by atoms with van der Waals surface area (Å²) in [6.07, 6.45) is 11.2. The molecular weight excluding hydrogens is 346 g/mol. The van der Waals surface area contributed by atoms with E-state index in [1.807, 2.05) is 14.4 Å². The van der Waals surface area contributed by atoms with Crippen molar-refractivity contribution in [2.75, 3.05) is 0 Å². The van der Waals surface area contributed by atoms with Crippen LogP contribution in [0.25, 0.3) is 0 Å². The molecule has 0 saturated carbocycles. The topological polar surface area (TPSA) is 77.8 Å². The molecule has 0 rings (SSSR count). The molecule has 2 unspecified atom stereocenters. The summed E-state index contributed by atoms with van der Waals surface area (Å²) >= 11 is 2.03. The molecule has 0 aliphatic heterocycles. The Morgan fingerprint density at radius 1 is 0.818 bits per heavy atom. The van der Waals surface area contributed by atoms with Crippen molar-refractivity contribution in [2.24, 2.45) is 11.8 Å². The van der Waals surface area contributed by atoms with E-state index >= 15 is 0 Å². The molecule has 0 fully saturated rings. The van der Waals surface area contributed by atoms with Gasteiger partial charge in [-0.15, -0.1) is 0 Å². The zero-order valence-corrected chi connectivity index (χ0v) is 16.6. The summed E-state index contributed by atoms with van der Waals surface area (Å²) in [6, 6.07) is 0. The molecule has 140 valence electrons. The zero-order valence-electron chi connectivity index (χ0n) is 14.7. The monoisotopic (exact) mass is 382 g/mol. The molecule has 0 aromatic heterocycles. The fraction of sp³-hybridized carbons (Fsp3) is 1.00. The van der Waals surface area contributed by atoms with Crippen molar-refractivity contribution in [1.82, 2.24) is 0 Å². The average molecular weight is 383 g/mol. The summed E-state index contributed by atoms with van der Waals surface area (Å²) in [5.74, 6) is 1.97. The summed E-state index contributed by atoms with van der Waals surface area (Å²) in [7, 11) is -4.64. The Labute approximate surface area is 143 Å². The summed E-state index contributed by atoms with van der Waals surface area (Å²) < 4.78 is 8.88. The van der Waals surface area contributed by atoms with E-state index in [-0.39, 0.29) is 0 Å². The van der Waals surface area contributed by atoms with Crippen molar-refractivity contribution in [3.63, 3.8) is 0 Å². The Morgan fingerprint density at radius 3 is 1.36 bits per heavy atom. The maximum atomic E-state index is 8.88. The minimum absolute atomic E-state index is 0.985. The van der Waals surface area contributed by atoms with E-state index in [1.54, 1.807) is 0 Å². The van der Waals surface area contributed by atoms with E-state index in [2.05, 4.69) is 27.7 Å². The standard InChI is InChI=1S/2C8H17.Ni.H3O4P/c2*1-4-6-7-8(3)5-2;;1-5(2,3)4/h2*8H,3-7H2,1-2H3;;(H3,1,2,3,4). The molecule has 6 heteroatoms. The van der Waals surface area contributed by atoms with E-state index in [0.29, 0.717) is 0 Å². The normalized spacial score (nSPS) is 14.3. The van der Waals surface area contributed by atoms with Gasteiger partial charge in [0.1, 0.15) is 0 Å². The molecule has 0 aliphatic carbocycles. The molecule has 0 heterocycles. The van der Waals surface area contributed by atoms with E-state index in [9.17, 15) is 0 Å². The fourth-order valence-corrected chi connectivity index (χ4v) is 3.96. The number of phosphoric acid groups is 1. The Morgan fingerprint density at radius 2 is 1.14 bits per heavy atom. The molecule has 0 saturated heterocycles. The molecule has 4 nitrogen and oxygen atoms in total. The van der Waals surface area contributed by atoms with E-state index in [1.165, 1.54) is 62.1 Å².